The Hall–Kier alpha value is -2.01. The molecule has 0 atom stereocenters. The summed E-state index contributed by atoms with van der Waals surface area (Å²) in [4.78, 5) is 23.1. The second-order valence-electron chi connectivity index (χ2n) is 3.60. The zero-order chi connectivity index (χ0) is 13.1. The van der Waals surface area contributed by atoms with Gasteiger partial charge in [-0.3, -0.25) is 9.59 Å². The Morgan fingerprint density at radius 2 is 2.17 bits per heavy atom. The van der Waals surface area contributed by atoms with Crippen LogP contribution >= 0.6 is 11.6 Å². The number of hydrogen-bond donors (Lipinski definition) is 1. The summed E-state index contributed by atoms with van der Waals surface area (Å²) in [5.74, 6) is -0.294. The van der Waals surface area contributed by atoms with Crippen LogP contribution in [0.1, 0.15) is 17.5 Å². The molecule has 2 heterocycles. The summed E-state index contributed by atoms with van der Waals surface area (Å²) in [6.45, 7) is 2.38. The maximum Gasteiger partial charge on any atom is 0.291 e. The predicted octanol–water partition coefficient (Wildman–Crippen LogP) is 2.37. The van der Waals surface area contributed by atoms with E-state index < -0.39 is 5.91 Å². The Morgan fingerprint density at radius 3 is 2.78 bits per heavy atom. The van der Waals surface area contributed by atoms with E-state index in [2.05, 4.69) is 5.32 Å². The van der Waals surface area contributed by atoms with Crippen molar-refractivity contribution >= 4 is 23.2 Å². The molecule has 18 heavy (non-hydrogen) atoms. The Balaban J connectivity index is 2.19. The van der Waals surface area contributed by atoms with Gasteiger partial charge in [-0.05, 0) is 36.7 Å². The first-order valence-corrected chi connectivity index (χ1v) is 5.75. The van der Waals surface area contributed by atoms with Crippen LogP contribution < -0.4 is 10.9 Å². The van der Waals surface area contributed by atoms with Crippen LogP contribution in [0, 0.1) is 0 Å². The van der Waals surface area contributed by atoms with E-state index in [1.165, 1.54) is 28.8 Å². The van der Waals surface area contributed by atoms with E-state index >= 15 is 0 Å². The largest absolute Gasteiger partial charge is 0.440 e. The molecular weight excluding hydrogens is 256 g/mol. The van der Waals surface area contributed by atoms with Gasteiger partial charge in [0, 0.05) is 18.8 Å². The smallest absolute Gasteiger partial charge is 0.291 e. The molecular formula is C12H11ClN2O3. The summed E-state index contributed by atoms with van der Waals surface area (Å²) in [6.07, 6.45) is 1.57. The number of furan rings is 1. The molecule has 0 aromatic carbocycles. The average molecular weight is 267 g/mol. The molecule has 1 amide bonds. The maximum absolute atomic E-state index is 11.8. The van der Waals surface area contributed by atoms with Crippen LogP contribution in [0.5, 0.6) is 0 Å². The van der Waals surface area contributed by atoms with Gasteiger partial charge in [0.2, 0.25) is 0 Å². The standard InChI is InChI=1S/C12H11ClN2O3/c1-2-15-7-8(3-6-11(15)16)14-12(17)9-4-5-10(13)18-9/h3-7H,2H2,1H3,(H,14,17). The topological polar surface area (TPSA) is 64.2 Å². The number of rotatable bonds is 3. The summed E-state index contributed by atoms with van der Waals surface area (Å²) in [6, 6.07) is 5.90. The third-order valence-electron chi connectivity index (χ3n) is 2.38. The normalized spacial score (nSPS) is 10.3. The van der Waals surface area contributed by atoms with Gasteiger partial charge in [0.15, 0.2) is 11.0 Å². The van der Waals surface area contributed by atoms with Gasteiger partial charge in [-0.25, -0.2) is 0 Å². The number of anilines is 1. The number of carbonyl (C=O) groups excluding carboxylic acids is 1. The predicted molar refractivity (Wildman–Crippen MR) is 68.0 cm³/mol. The summed E-state index contributed by atoms with van der Waals surface area (Å²) in [7, 11) is 0. The highest BCUT2D eigenvalue weighted by Gasteiger charge is 2.11. The van der Waals surface area contributed by atoms with Crippen molar-refractivity contribution in [2.75, 3.05) is 5.32 Å². The van der Waals surface area contributed by atoms with E-state index in [9.17, 15) is 9.59 Å². The Bertz CT molecular complexity index is 630. The molecule has 94 valence electrons. The first-order chi connectivity index (χ1) is 8.60. The summed E-state index contributed by atoms with van der Waals surface area (Å²) in [5.41, 5.74) is 0.408. The molecule has 2 aromatic heterocycles. The van der Waals surface area contributed by atoms with Gasteiger partial charge in [0.1, 0.15) is 0 Å². The molecule has 2 rings (SSSR count). The van der Waals surface area contributed by atoms with Gasteiger partial charge >= 0.3 is 0 Å². The zero-order valence-corrected chi connectivity index (χ0v) is 10.4. The average Bonchev–Trinajstić information content (AvgIpc) is 2.78. The molecule has 0 bridgehead atoms. The van der Waals surface area contributed by atoms with E-state index in [4.69, 9.17) is 16.0 Å². The zero-order valence-electron chi connectivity index (χ0n) is 9.64. The van der Waals surface area contributed by atoms with Crippen molar-refractivity contribution in [3.8, 4) is 0 Å². The van der Waals surface area contributed by atoms with E-state index in [0.717, 1.165) is 0 Å². The third-order valence-corrected chi connectivity index (χ3v) is 2.58. The van der Waals surface area contributed by atoms with E-state index in [-0.39, 0.29) is 16.5 Å². The van der Waals surface area contributed by atoms with Crippen LogP contribution in [-0.4, -0.2) is 10.5 Å². The lowest BCUT2D eigenvalue weighted by molar-refractivity contribution is 0.0996. The first-order valence-electron chi connectivity index (χ1n) is 5.37. The maximum atomic E-state index is 11.8. The minimum atomic E-state index is -0.414. The number of pyridine rings is 1. The van der Waals surface area contributed by atoms with Crippen molar-refractivity contribution in [2.45, 2.75) is 13.5 Å². The highest BCUT2D eigenvalue weighted by molar-refractivity contribution is 6.29. The fourth-order valence-corrected chi connectivity index (χ4v) is 1.63. The van der Waals surface area contributed by atoms with Crippen molar-refractivity contribution in [3.63, 3.8) is 0 Å². The first kappa shape index (κ1) is 12.4. The molecule has 0 aliphatic heterocycles. The van der Waals surface area contributed by atoms with Gasteiger partial charge in [-0.1, -0.05) is 0 Å². The van der Waals surface area contributed by atoms with Crippen LogP contribution in [0.15, 0.2) is 39.7 Å². The SMILES string of the molecule is CCn1cc(NC(=O)c2ccc(Cl)o2)ccc1=O. The molecule has 1 N–H and O–H groups in total. The number of carbonyl (C=O) groups is 1. The number of hydrogen-bond acceptors (Lipinski definition) is 3. The number of nitrogens with zero attached hydrogens (tertiary/aromatic N) is 1. The molecule has 0 unspecified atom stereocenters. The monoisotopic (exact) mass is 266 g/mol. The molecule has 5 nitrogen and oxygen atoms in total. The van der Waals surface area contributed by atoms with Gasteiger partial charge < -0.3 is 14.3 Å². The Kier molecular flexibility index (Phi) is 3.53. The van der Waals surface area contributed by atoms with Crippen LogP contribution in [0.3, 0.4) is 0 Å². The molecule has 0 aliphatic carbocycles. The number of amides is 1. The lowest BCUT2D eigenvalue weighted by Gasteiger charge is -2.06. The summed E-state index contributed by atoms with van der Waals surface area (Å²) >= 11 is 5.58. The van der Waals surface area contributed by atoms with Crippen molar-refractivity contribution in [2.24, 2.45) is 0 Å². The van der Waals surface area contributed by atoms with Gasteiger partial charge in [-0.2, -0.15) is 0 Å². The van der Waals surface area contributed by atoms with Crippen LogP contribution in [-0.2, 0) is 6.54 Å². The summed E-state index contributed by atoms with van der Waals surface area (Å²) < 4.78 is 6.47. The number of nitrogens with one attached hydrogen (secondary N) is 1. The van der Waals surface area contributed by atoms with Crippen LogP contribution in [0.2, 0.25) is 5.22 Å². The minimum absolute atomic E-state index is 0.114. The summed E-state index contributed by atoms with van der Waals surface area (Å²) in [5, 5.41) is 2.77. The molecule has 2 aromatic rings. The van der Waals surface area contributed by atoms with Crippen molar-refractivity contribution in [3.05, 3.63) is 51.8 Å². The quantitative estimate of drug-likeness (QED) is 0.928. The number of aryl methyl sites for hydroxylation is 1. The molecule has 0 saturated carbocycles. The lowest BCUT2D eigenvalue weighted by Crippen LogP contribution is -2.19. The fourth-order valence-electron chi connectivity index (χ4n) is 1.48. The third kappa shape index (κ3) is 2.62. The second kappa shape index (κ2) is 5.10. The second-order valence-corrected chi connectivity index (χ2v) is 3.97. The molecule has 6 heteroatoms. The van der Waals surface area contributed by atoms with Crippen molar-refractivity contribution in [1.82, 2.24) is 4.57 Å². The van der Waals surface area contributed by atoms with Crippen LogP contribution in [0.4, 0.5) is 5.69 Å². The Morgan fingerprint density at radius 1 is 1.39 bits per heavy atom. The van der Waals surface area contributed by atoms with Gasteiger partial charge in [0.05, 0.1) is 5.69 Å². The molecule has 0 aliphatic rings. The van der Waals surface area contributed by atoms with Crippen molar-refractivity contribution in [1.29, 1.82) is 0 Å². The van der Waals surface area contributed by atoms with E-state index in [1.807, 2.05) is 6.92 Å². The minimum Gasteiger partial charge on any atom is -0.440 e. The molecule has 0 radical (unpaired) electrons. The molecule has 0 saturated heterocycles. The van der Waals surface area contributed by atoms with E-state index in [1.54, 1.807) is 6.20 Å². The molecule has 0 spiro atoms. The highest BCUT2D eigenvalue weighted by atomic mass is 35.5. The number of halogens is 1. The van der Waals surface area contributed by atoms with Gasteiger partial charge in [-0.15, -0.1) is 0 Å². The fraction of sp³-hybridized carbons (Fsp3) is 0.167. The Labute approximate surface area is 108 Å². The number of aromatic nitrogens is 1. The van der Waals surface area contributed by atoms with E-state index in [0.29, 0.717) is 12.2 Å². The van der Waals surface area contributed by atoms with Gasteiger partial charge in [0.25, 0.3) is 11.5 Å². The lowest BCUT2D eigenvalue weighted by atomic mass is 10.3. The van der Waals surface area contributed by atoms with Crippen LogP contribution in [0.25, 0.3) is 0 Å². The van der Waals surface area contributed by atoms with Crippen molar-refractivity contribution < 1.29 is 9.21 Å². The highest BCUT2D eigenvalue weighted by Crippen LogP contribution is 2.14. The molecule has 0 fully saturated rings.